The average molecular weight is 249 g/mol. The van der Waals surface area contributed by atoms with E-state index in [0.717, 1.165) is 6.42 Å². The topological polar surface area (TPSA) is 72.5 Å². The van der Waals surface area contributed by atoms with Crippen molar-refractivity contribution in [2.24, 2.45) is 0 Å². The first-order chi connectivity index (χ1) is 7.51. The lowest BCUT2D eigenvalue weighted by atomic mass is 10.2. The third-order valence-electron chi connectivity index (χ3n) is 2.95. The lowest BCUT2D eigenvalue weighted by Gasteiger charge is -2.17. The maximum atomic E-state index is 11.5. The molecule has 2 atom stereocenters. The van der Waals surface area contributed by atoms with Crippen LogP contribution in [0.5, 0.6) is 0 Å². The van der Waals surface area contributed by atoms with Crippen LogP contribution in [0.3, 0.4) is 0 Å². The van der Waals surface area contributed by atoms with Crippen molar-refractivity contribution in [3.05, 3.63) is 0 Å². The molecule has 6 heteroatoms. The van der Waals surface area contributed by atoms with Crippen molar-refractivity contribution in [2.75, 3.05) is 19.4 Å². The van der Waals surface area contributed by atoms with Crippen molar-refractivity contribution >= 4 is 15.8 Å². The van der Waals surface area contributed by atoms with E-state index in [1.807, 2.05) is 6.92 Å². The van der Waals surface area contributed by atoms with E-state index in [-0.39, 0.29) is 17.0 Å². The van der Waals surface area contributed by atoms with E-state index in [2.05, 4.69) is 10.1 Å². The molecule has 0 saturated carbocycles. The third kappa shape index (κ3) is 3.18. The van der Waals surface area contributed by atoms with E-state index >= 15 is 0 Å². The summed E-state index contributed by atoms with van der Waals surface area (Å²) in [6, 6.07) is -0.402. The molecule has 0 radical (unpaired) electrons. The second kappa shape index (κ2) is 5.63. The van der Waals surface area contributed by atoms with Gasteiger partial charge in [0.1, 0.15) is 6.04 Å². The Hall–Kier alpha value is -0.620. The molecule has 1 fully saturated rings. The predicted octanol–water partition coefficient (Wildman–Crippen LogP) is 0.105. The number of carbonyl (C=O) groups excluding carboxylic acids is 1. The van der Waals surface area contributed by atoms with Crippen molar-refractivity contribution < 1.29 is 17.9 Å². The van der Waals surface area contributed by atoms with Crippen molar-refractivity contribution in [1.29, 1.82) is 0 Å². The van der Waals surface area contributed by atoms with E-state index in [1.54, 1.807) is 0 Å². The summed E-state index contributed by atoms with van der Waals surface area (Å²) >= 11 is 0. The van der Waals surface area contributed by atoms with Crippen LogP contribution in [0.1, 0.15) is 26.2 Å². The van der Waals surface area contributed by atoms with Crippen LogP contribution in [-0.4, -0.2) is 45.1 Å². The number of methoxy groups -OCH3 is 1. The predicted molar refractivity (Wildman–Crippen MR) is 60.9 cm³/mol. The molecule has 0 aromatic rings. The molecule has 1 aliphatic heterocycles. The van der Waals surface area contributed by atoms with Crippen LogP contribution in [-0.2, 0) is 19.4 Å². The molecule has 0 aromatic heterocycles. The van der Waals surface area contributed by atoms with Crippen LogP contribution in [0.4, 0.5) is 0 Å². The van der Waals surface area contributed by atoms with E-state index in [9.17, 15) is 13.2 Å². The highest BCUT2D eigenvalue weighted by atomic mass is 32.2. The fourth-order valence-electron chi connectivity index (χ4n) is 1.90. The molecule has 0 aromatic carbocycles. The molecule has 1 saturated heterocycles. The Labute approximate surface area is 96.5 Å². The van der Waals surface area contributed by atoms with Crippen LogP contribution in [0.15, 0.2) is 0 Å². The number of ether oxygens (including phenoxy) is 1. The number of nitrogens with one attached hydrogen (secondary N) is 1. The molecule has 1 aliphatic rings. The van der Waals surface area contributed by atoms with E-state index in [0.29, 0.717) is 19.4 Å². The molecule has 5 nitrogen and oxygen atoms in total. The Balaban J connectivity index is 2.47. The zero-order valence-electron chi connectivity index (χ0n) is 9.73. The van der Waals surface area contributed by atoms with Crippen LogP contribution >= 0.6 is 0 Å². The SMILES string of the molecule is CCC(NCC1CCCS1(=O)=O)C(=O)OC. The Morgan fingerprint density at radius 3 is 2.69 bits per heavy atom. The van der Waals surface area contributed by atoms with E-state index in [4.69, 9.17) is 0 Å². The number of hydrogen-bond acceptors (Lipinski definition) is 5. The van der Waals surface area contributed by atoms with Crippen LogP contribution in [0.25, 0.3) is 0 Å². The van der Waals surface area contributed by atoms with Gasteiger partial charge >= 0.3 is 5.97 Å². The molecule has 0 bridgehead atoms. The molecule has 0 aliphatic carbocycles. The molecule has 1 N–H and O–H groups in total. The van der Waals surface area contributed by atoms with Crippen molar-refractivity contribution in [3.8, 4) is 0 Å². The average Bonchev–Trinajstić information content (AvgIpc) is 2.58. The summed E-state index contributed by atoms with van der Waals surface area (Å²) in [6.45, 7) is 2.20. The normalized spacial score (nSPS) is 25.2. The van der Waals surface area contributed by atoms with Crippen LogP contribution in [0.2, 0.25) is 0 Å². The standard InChI is InChI=1S/C10H19NO4S/c1-3-9(10(12)15-2)11-7-8-5-4-6-16(8,13)14/h8-9,11H,3-7H2,1-2H3. The van der Waals surface area contributed by atoms with Gasteiger partial charge in [-0.25, -0.2) is 8.42 Å². The Morgan fingerprint density at radius 1 is 1.56 bits per heavy atom. The fourth-order valence-corrected chi connectivity index (χ4v) is 3.68. The highest BCUT2D eigenvalue weighted by molar-refractivity contribution is 7.92. The minimum absolute atomic E-state index is 0.272. The van der Waals surface area contributed by atoms with Gasteiger partial charge in [-0.05, 0) is 19.3 Å². The van der Waals surface area contributed by atoms with Crippen LogP contribution < -0.4 is 5.32 Å². The number of sulfone groups is 1. The molecule has 94 valence electrons. The molecule has 1 rings (SSSR count). The fraction of sp³-hybridized carbons (Fsp3) is 0.900. The Morgan fingerprint density at radius 2 is 2.25 bits per heavy atom. The lowest BCUT2D eigenvalue weighted by molar-refractivity contribution is -0.143. The summed E-state index contributed by atoms with van der Waals surface area (Å²) in [5.74, 6) is -0.0631. The van der Waals surface area contributed by atoms with Gasteiger partial charge in [-0.1, -0.05) is 6.92 Å². The maximum Gasteiger partial charge on any atom is 0.322 e. The highest BCUT2D eigenvalue weighted by Gasteiger charge is 2.31. The summed E-state index contributed by atoms with van der Waals surface area (Å²) in [4.78, 5) is 11.3. The van der Waals surface area contributed by atoms with Gasteiger partial charge in [0.25, 0.3) is 0 Å². The lowest BCUT2D eigenvalue weighted by Crippen LogP contribution is -2.42. The summed E-state index contributed by atoms with van der Waals surface area (Å²) in [5, 5.41) is 2.62. The summed E-state index contributed by atoms with van der Waals surface area (Å²) in [5.41, 5.74) is 0. The van der Waals surface area contributed by atoms with Crippen molar-refractivity contribution in [1.82, 2.24) is 5.32 Å². The van der Waals surface area contributed by atoms with E-state index < -0.39 is 15.9 Å². The molecule has 0 amide bonds. The van der Waals surface area contributed by atoms with Gasteiger partial charge in [0.15, 0.2) is 9.84 Å². The van der Waals surface area contributed by atoms with Gasteiger partial charge in [0.2, 0.25) is 0 Å². The first kappa shape index (κ1) is 13.4. The minimum atomic E-state index is -2.94. The van der Waals surface area contributed by atoms with Gasteiger partial charge in [-0.2, -0.15) is 0 Å². The smallest absolute Gasteiger partial charge is 0.322 e. The molecular weight excluding hydrogens is 230 g/mol. The quantitative estimate of drug-likeness (QED) is 0.700. The largest absolute Gasteiger partial charge is 0.468 e. The number of rotatable bonds is 5. The van der Waals surface area contributed by atoms with Gasteiger partial charge < -0.3 is 10.1 Å². The molecular formula is C10H19NO4S. The Bertz CT molecular complexity index is 339. The van der Waals surface area contributed by atoms with Gasteiger partial charge in [0, 0.05) is 6.54 Å². The zero-order valence-corrected chi connectivity index (χ0v) is 10.5. The molecule has 0 spiro atoms. The highest BCUT2D eigenvalue weighted by Crippen LogP contribution is 2.19. The van der Waals surface area contributed by atoms with Gasteiger partial charge in [0.05, 0.1) is 18.1 Å². The molecule has 16 heavy (non-hydrogen) atoms. The molecule has 1 heterocycles. The minimum Gasteiger partial charge on any atom is -0.468 e. The zero-order chi connectivity index (χ0) is 12.2. The first-order valence-electron chi connectivity index (χ1n) is 5.54. The number of esters is 1. The van der Waals surface area contributed by atoms with E-state index in [1.165, 1.54) is 7.11 Å². The third-order valence-corrected chi connectivity index (χ3v) is 5.22. The van der Waals surface area contributed by atoms with Gasteiger partial charge in [-0.3, -0.25) is 4.79 Å². The van der Waals surface area contributed by atoms with Crippen LogP contribution in [0, 0.1) is 0 Å². The summed E-state index contributed by atoms with van der Waals surface area (Å²) < 4.78 is 27.7. The first-order valence-corrected chi connectivity index (χ1v) is 7.25. The molecule has 2 unspecified atom stereocenters. The monoisotopic (exact) mass is 249 g/mol. The van der Waals surface area contributed by atoms with Crippen molar-refractivity contribution in [3.63, 3.8) is 0 Å². The summed E-state index contributed by atoms with van der Waals surface area (Å²) in [6.07, 6.45) is 2.01. The second-order valence-corrected chi connectivity index (χ2v) is 6.42. The maximum absolute atomic E-state index is 11.5. The second-order valence-electron chi connectivity index (χ2n) is 4.02. The number of carbonyl (C=O) groups is 1. The van der Waals surface area contributed by atoms with Gasteiger partial charge in [-0.15, -0.1) is 0 Å². The summed E-state index contributed by atoms with van der Waals surface area (Å²) in [7, 11) is -1.61. The number of hydrogen-bond donors (Lipinski definition) is 1. The Kier molecular flexibility index (Phi) is 4.73. The van der Waals surface area contributed by atoms with Crippen molar-refractivity contribution in [2.45, 2.75) is 37.5 Å².